The number of rotatable bonds is 5. The molecular weight excluding hydrogens is 290 g/mol. The van der Waals surface area contributed by atoms with Crippen LogP contribution in [-0.2, 0) is 9.59 Å². The molecule has 0 saturated carbocycles. The van der Waals surface area contributed by atoms with Crippen molar-refractivity contribution in [3.8, 4) is 0 Å². The summed E-state index contributed by atoms with van der Waals surface area (Å²) in [5.74, 6) is 0.978. The maximum Gasteiger partial charge on any atom is 0.234 e. The predicted molar refractivity (Wildman–Crippen MR) is 91.9 cm³/mol. The van der Waals surface area contributed by atoms with E-state index in [4.69, 9.17) is 0 Å². The molecule has 2 amide bonds. The van der Waals surface area contributed by atoms with Crippen molar-refractivity contribution < 1.29 is 9.59 Å². The van der Waals surface area contributed by atoms with Gasteiger partial charge in [0.1, 0.15) is 0 Å². The van der Waals surface area contributed by atoms with Crippen LogP contribution in [0.2, 0.25) is 0 Å². The monoisotopic (exact) mass is 321 g/mol. The first kappa shape index (κ1) is 18.0. The first-order valence-corrected chi connectivity index (χ1v) is 8.79. The molecule has 0 atom stereocenters. The van der Waals surface area contributed by atoms with Gasteiger partial charge in [0.2, 0.25) is 11.8 Å². The molecule has 0 aromatic heterocycles. The summed E-state index contributed by atoms with van der Waals surface area (Å²) in [4.78, 5) is 26.2. The molecule has 0 aromatic carbocycles. The third kappa shape index (κ3) is 6.34. The van der Waals surface area contributed by atoms with Crippen molar-refractivity contribution in [2.45, 2.75) is 52.0 Å². The molecule has 1 fully saturated rings. The Morgan fingerprint density at radius 2 is 1.74 bits per heavy atom. The van der Waals surface area contributed by atoms with Crippen LogP contribution in [0.1, 0.15) is 46.5 Å². The highest BCUT2D eigenvalue weighted by Crippen LogP contribution is 2.19. The fourth-order valence-corrected chi connectivity index (χ4v) is 3.23. The van der Waals surface area contributed by atoms with Gasteiger partial charge in [-0.05, 0) is 65.5 Å². The van der Waals surface area contributed by atoms with Crippen molar-refractivity contribution in [3.63, 3.8) is 0 Å². The molecule has 0 aromatic rings. The zero-order valence-corrected chi connectivity index (χ0v) is 14.7. The quantitative estimate of drug-likeness (QED) is 0.758. The Morgan fingerprint density at radius 1 is 1.13 bits per heavy atom. The van der Waals surface area contributed by atoms with E-state index < -0.39 is 0 Å². The molecule has 1 saturated heterocycles. The Morgan fingerprint density at radius 3 is 2.30 bits per heavy atom. The predicted octanol–water partition coefficient (Wildman–Crippen LogP) is 1.70. The summed E-state index contributed by atoms with van der Waals surface area (Å²) in [5.41, 5.74) is -0.172. The number of carbonyl (C=O) groups is 2. The zero-order chi connectivity index (χ0) is 16.9. The standard InChI is InChI=1S/C18H31N3O2/c1-18(2,3)20-16(22)13-21-10-8-14(9-11-21)12-19-17(23)15-6-4-5-7-15/h4-5,14-15H,6-13H2,1-3H3,(H,19,23)(H,20,22). The fraction of sp³-hybridized carbons (Fsp3) is 0.778. The summed E-state index contributed by atoms with van der Waals surface area (Å²) in [6.45, 7) is 9.12. The maximum atomic E-state index is 12.0. The Balaban J connectivity index is 1.62. The van der Waals surface area contributed by atoms with Crippen LogP contribution in [0.5, 0.6) is 0 Å². The highest BCUT2D eigenvalue weighted by atomic mass is 16.2. The van der Waals surface area contributed by atoms with Crippen LogP contribution in [0.3, 0.4) is 0 Å². The van der Waals surface area contributed by atoms with Gasteiger partial charge in [-0.15, -0.1) is 0 Å². The average molecular weight is 321 g/mol. The lowest BCUT2D eigenvalue weighted by atomic mass is 9.96. The van der Waals surface area contributed by atoms with Gasteiger partial charge in [-0.1, -0.05) is 12.2 Å². The minimum Gasteiger partial charge on any atom is -0.356 e. The van der Waals surface area contributed by atoms with Crippen LogP contribution in [0.15, 0.2) is 12.2 Å². The van der Waals surface area contributed by atoms with Crippen molar-refractivity contribution >= 4 is 11.8 Å². The molecule has 2 aliphatic rings. The Bertz CT molecular complexity index is 438. The second kappa shape index (κ2) is 7.95. The number of piperidine rings is 1. The Kier molecular flexibility index (Phi) is 6.22. The van der Waals surface area contributed by atoms with E-state index >= 15 is 0 Å². The number of nitrogens with one attached hydrogen (secondary N) is 2. The first-order valence-electron chi connectivity index (χ1n) is 8.79. The van der Waals surface area contributed by atoms with Gasteiger partial charge in [0, 0.05) is 18.0 Å². The van der Waals surface area contributed by atoms with Gasteiger partial charge >= 0.3 is 0 Å². The molecule has 5 nitrogen and oxygen atoms in total. The van der Waals surface area contributed by atoms with Gasteiger partial charge in [-0.3, -0.25) is 14.5 Å². The Labute approximate surface area is 139 Å². The van der Waals surface area contributed by atoms with E-state index in [0.29, 0.717) is 12.5 Å². The first-order chi connectivity index (χ1) is 10.8. The van der Waals surface area contributed by atoms with E-state index in [1.165, 1.54) is 0 Å². The number of hydrogen-bond donors (Lipinski definition) is 2. The number of amides is 2. The SMILES string of the molecule is CC(C)(C)NC(=O)CN1CCC(CNC(=O)C2CC=CC2)CC1. The van der Waals surface area contributed by atoms with E-state index in [1.54, 1.807) is 0 Å². The smallest absolute Gasteiger partial charge is 0.234 e. The largest absolute Gasteiger partial charge is 0.356 e. The van der Waals surface area contributed by atoms with Crippen molar-refractivity contribution in [2.75, 3.05) is 26.2 Å². The van der Waals surface area contributed by atoms with E-state index in [2.05, 4.69) is 27.7 Å². The molecule has 2 rings (SSSR count). The van der Waals surface area contributed by atoms with Crippen LogP contribution in [-0.4, -0.2) is 48.4 Å². The van der Waals surface area contributed by atoms with Gasteiger partial charge in [0.15, 0.2) is 0 Å². The average Bonchev–Trinajstić information content (AvgIpc) is 2.98. The van der Waals surface area contributed by atoms with Crippen LogP contribution >= 0.6 is 0 Å². The molecule has 130 valence electrons. The number of allylic oxidation sites excluding steroid dienone is 2. The highest BCUT2D eigenvalue weighted by molar-refractivity contribution is 5.79. The molecule has 0 bridgehead atoms. The minimum absolute atomic E-state index is 0.0954. The number of likely N-dealkylation sites (tertiary alicyclic amines) is 1. The van der Waals surface area contributed by atoms with Gasteiger partial charge in [-0.25, -0.2) is 0 Å². The molecule has 0 spiro atoms. The van der Waals surface area contributed by atoms with Gasteiger partial charge in [0.05, 0.1) is 6.54 Å². The van der Waals surface area contributed by atoms with Crippen LogP contribution in [0, 0.1) is 11.8 Å². The molecule has 1 heterocycles. The Hall–Kier alpha value is -1.36. The zero-order valence-electron chi connectivity index (χ0n) is 14.7. The topological polar surface area (TPSA) is 61.4 Å². The summed E-state index contributed by atoms with van der Waals surface area (Å²) in [7, 11) is 0. The lowest BCUT2D eigenvalue weighted by Crippen LogP contribution is -2.48. The van der Waals surface area contributed by atoms with Crippen molar-refractivity contribution in [2.24, 2.45) is 11.8 Å². The number of nitrogens with zero attached hydrogens (tertiary/aromatic N) is 1. The summed E-state index contributed by atoms with van der Waals surface area (Å²) in [6.07, 6.45) is 8.04. The fourth-order valence-electron chi connectivity index (χ4n) is 3.23. The molecule has 2 N–H and O–H groups in total. The number of hydrogen-bond acceptors (Lipinski definition) is 3. The molecule has 5 heteroatoms. The van der Waals surface area contributed by atoms with Crippen LogP contribution in [0.4, 0.5) is 0 Å². The molecule has 23 heavy (non-hydrogen) atoms. The van der Waals surface area contributed by atoms with Crippen LogP contribution < -0.4 is 10.6 Å². The van der Waals surface area contributed by atoms with Crippen molar-refractivity contribution in [3.05, 3.63) is 12.2 Å². The molecule has 0 radical (unpaired) electrons. The van der Waals surface area contributed by atoms with Crippen molar-refractivity contribution in [1.82, 2.24) is 15.5 Å². The molecule has 0 unspecified atom stereocenters. The van der Waals surface area contributed by atoms with Crippen molar-refractivity contribution in [1.29, 1.82) is 0 Å². The lowest BCUT2D eigenvalue weighted by Gasteiger charge is -2.32. The summed E-state index contributed by atoms with van der Waals surface area (Å²) < 4.78 is 0. The van der Waals surface area contributed by atoms with E-state index in [1.807, 2.05) is 20.8 Å². The third-order valence-corrected chi connectivity index (χ3v) is 4.53. The summed E-state index contributed by atoms with van der Waals surface area (Å²) in [6, 6.07) is 0. The lowest BCUT2D eigenvalue weighted by molar-refractivity contribution is -0.125. The van der Waals surface area contributed by atoms with E-state index in [0.717, 1.165) is 45.3 Å². The van der Waals surface area contributed by atoms with E-state index in [9.17, 15) is 9.59 Å². The molecule has 1 aliphatic carbocycles. The van der Waals surface area contributed by atoms with Gasteiger partial charge < -0.3 is 10.6 Å². The van der Waals surface area contributed by atoms with E-state index in [-0.39, 0.29) is 23.3 Å². The minimum atomic E-state index is -0.172. The second-order valence-corrected chi connectivity index (χ2v) is 7.90. The third-order valence-electron chi connectivity index (χ3n) is 4.53. The molecule has 1 aliphatic heterocycles. The molecular formula is C18H31N3O2. The van der Waals surface area contributed by atoms with Crippen LogP contribution in [0.25, 0.3) is 0 Å². The highest BCUT2D eigenvalue weighted by Gasteiger charge is 2.24. The second-order valence-electron chi connectivity index (χ2n) is 7.90. The maximum absolute atomic E-state index is 12.0. The van der Waals surface area contributed by atoms with Gasteiger partial charge in [-0.2, -0.15) is 0 Å². The number of carbonyl (C=O) groups excluding carboxylic acids is 2. The summed E-state index contributed by atoms with van der Waals surface area (Å²) in [5, 5.41) is 6.11. The van der Waals surface area contributed by atoms with Gasteiger partial charge in [0.25, 0.3) is 0 Å². The normalized spacial score (nSPS) is 20.7. The summed E-state index contributed by atoms with van der Waals surface area (Å²) >= 11 is 0.